The molecule has 0 amide bonds. The van der Waals surface area contributed by atoms with E-state index in [-0.39, 0.29) is 0 Å². The molecule has 0 aliphatic rings. The minimum Gasteiger partial charge on any atom is -0.480 e. The van der Waals surface area contributed by atoms with E-state index in [4.69, 9.17) is 0 Å². The molecule has 0 heterocycles. The average Bonchev–Trinajstić information content (AvgIpc) is 2.25. The van der Waals surface area contributed by atoms with Crippen molar-refractivity contribution in [2.24, 2.45) is 5.92 Å². The Morgan fingerprint density at radius 3 is 2.61 bits per heavy atom. The Balaban J connectivity index is 2.71. The Hall–Kier alpha value is -1.35. The summed E-state index contributed by atoms with van der Waals surface area (Å²) in [6, 6.07) is 8.11. The first-order chi connectivity index (χ1) is 8.33. The van der Waals surface area contributed by atoms with E-state index in [9.17, 15) is 9.90 Å². The molecular formula is C15H23NO2. The number of aryl methyl sites for hydroxylation is 1. The molecule has 18 heavy (non-hydrogen) atoms. The monoisotopic (exact) mass is 249 g/mol. The molecule has 1 rings (SSSR count). The third-order valence-corrected chi connectivity index (χ3v) is 3.05. The molecule has 0 aliphatic carbocycles. The van der Waals surface area contributed by atoms with Gasteiger partial charge in [-0.05, 0) is 31.7 Å². The topological polar surface area (TPSA) is 49.3 Å². The number of nitrogens with one attached hydrogen (secondary N) is 1. The van der Waals surface area contributed by atoms with E-state index in [0.29, 0.717) is 18.9 Å². The van der Waals surface area contributed by atoms with Gasteiger partial charge in [-0.3, -0.25) is 10.1 Å². The Morgan fingerprint density at radius 1 is 1.44 bits per heavy atom. The Bertz CT molecular complexity index is 415. The number of carboxylic acid groups (broad SMARTS) is 1. The van der Waals surface area contributed by atoms with Crippen LogP contribution in [-0.4, -0.2) is 16.6 Å². The zero-order valence-electron chi connectivity index (χ0n) is 11.7. The van der Waals surface area contributed by atoms with Crippen LogP contribution in [0.15, 0.2) is 24.3 Å². The Kier molecular flexibility index (Phi) is 4.91. The summed E-state index contributed by atoms with van der Waals surface area (Å²) < 4.78 is 0. The first-order valence-corrected chi connectivity index (χ1v) is 6.37. The number of rotatable bonds is 6. The smallest absolute Gasteiger partial charge is 0.323 e. The van der Waals surface area contributed by atoms with E-state index in [0.717, 1.165) is 5.56 Å². The van der Waals surface area contributed by atoms with Gasteiger partial charge < -0.3 is 5.11 Å². The van der Waals surface area contributed by atoms with Gasteiger partial charge in [-0.25, -0.2) is 0 Å². The van der Waals surface area contributed by atoms with Gasteiger partial charge in [0.05, 0.1) is 0 Å². The summed E-state index contributed by atoms with van der Waals surface area (Å²) in [5.41, 5.74) is 1.44. The number of carbonyl (C=O) groups is 1. The van der Waals surface area contributed by atoms with Gasteiger partial charge in [-0.15, -0.1) is 0 Å². The molecule has 3 nitrogen and oxygen atoms in total. The zero-order chi connectivity index (χ0) is 13.8. The molecular weight excluding hydrogens is 226 g/mol. The van der Waals surface area contributed by atoms with E-state index in [1.54, 1.807) is 6.92 Å². The van der Waals surface area contributed by atoms with Crippen LogP contribution in [0.5, 0.6) is 0 Å². The summed E-state index contributed by atoms with van der Waals surface area (Å²) in [5.74, 6) is -0.444. The lowest BCUT2D eigenvalue weighted by Crippen LogP contribution is -2.49. The summed E-state index contributed by atoms with van der Waals surface area (Å²) in [5, 5.41) is 12.5. The van der Waals surface area contributed by atoms with Gasteiger partial charge >= 0.3 is 5.97 Å². The number of hydrogen-bond donors (Lipinski definition) is 2. The van der Waals surface area contributed by atoms with Gasteiger partial charge in [0.2, 0.25) is 0 Å². The standard InChI is InChI=1S/C15H23NO2/c1-11(2)9-15(4,14(17)18)16-10-13-7-5-6-12(3)8-13/h5-8,11,16H,9-10H2,1-4H3,(H,17,18). The molecule has 0 spiro atoms. The molecule has 0 aliphatic heterocycles. The van der Waals surface area contributed by atoms with Crippen LogP contribution in [0.3, 0.4) is 0 Å². The quantitative estimate of drug-likeness (QED) is 0.815. The molecule has 100 valence electrons. The van der Waals surface area contributed by atoms with E-state index >= 15 is 0 Å². The molecule has 1 aromatic rings. The largest absolute Gasteiger partial charge is 0.480 e. The number of benzene rings is 1. The van der Waals surface area contributed by atoms with Crippen LogP contribution in [0.4, 0.5) is 0 Å². The molecule has 0 fully saturated rings. The second-order valence-corrected chi connectivity index (χ2v) is 5.58. The number of aliphatic carboxylic acids is 1. The van der Waals surface area contributed by atoms with Crippen LogP contribution < -0.4 is 5.32 Å². The van der Waals surface area contributed by atoms with Gasteiger partial charge in [0.15, 0.2) is 0 Å². The number of carboxylic acids is 1. The summed E-state index contributed by atoms with van der Waals surface area (Å²) in [4.78, 5) is 11.4. The summed E-state index contributed by atoms with van der Waals surface area (Å²) in [7, 11) is 0. The van der Waals surface area contributed by atoms with Crippen molar-refractivity contribution in [2.75, 3.05) is 0 Å². The second-order valence-electron chi connectivity index (χ2n) is 5.58. The lowest BCUT2D eigenvalue weighted by atomic mass is 9.90. The van der Waals surface area contributed by atoms with Crippen molar-refractivity contribution >= 4 is 5.97 Å². The SMILES string of the molecule is Cc1cccc(CNC(C)(CC(C)C)C(=O)O)c1. The minimum atomic E-state index is -0.863. The molecule has 0 saturated carbocycles. The highest BCUT2D eigenvalue weighted by Crippen LogP contribution is 2.18. The molecule has 2 N–H and O–H groups in total. The van der Waals surface area contributed by atoms with Crippen LogP contribution in [0.1, 0.15) is 38.3 Å². The Labute approximate surface area is 109 Å². The van der Waals surface area contributed by atoms with Gasteiger partial charge in [0, 0.05) is 6.54 Å². The molecule has 0 aromatic heterocycles. The van der Waals surface area contributed by atoms with Gasteiger partial charge in [0.1, 0.15) is 5.54 Å². The van der Waals surface area contributed by atoms with E-state index < -0.39 is 11.5 Å². The fourth-order valence-electron chi connectivity index (χ4n) is 2.17. The van der Waals surface area contributed by atoms with Crippen molar-refractivity contribution in [1.29, 1.82) is 0 Å². The van der Waals surface area contributed by atoms with Crippen LogP contribution in [0, 0.1) is 12.8 Å². The van der Waals surface area contributed by atoms with E-state index in [1.165, 1.54) is 5.56 Å². The molecule has 1 aromatic carbocycles. The first kappa shape index (κ1) is 14.7. The van der Waals surface area contributed by atoms with Crippen LogP contribution in [0.2, 0.25) is 0 Å². The molecule has 1 atom stereocenters. The highest BCUT2D eigenvalue weighted by Gasteiger charge is 2.33. The molecule has 0 bridgehead atoms. The fourth-order valence-corrected chi connectivity index (χ4v) is 2.17. The molecule has 0 saturated heterocycles. The average molecular weight is 249 g/mol. The van der Waals surface area contributed by atoms with Crippen molar-refractivity contribution in [3.8, 4) is 0 Å². The normalized spacial score (nSPS) is 14.5. The third-order valence-electron chi connectivity index (χ3n) is 3.05. The number of hydrogen-bond acceptors (Lipinski definition) is 2. The predicted molar refractivity (Wildman–Crippen MR) is 73.5 cm³/mol. The molecule has 1 unspecified atom stereocenters. The predicted octanol–water partition coefficient (Wildman–Crippen LogP) is 2.97. The lowest BCUT2D eigenvalue weighted by Gasteiger charge is -2.28. The van der Waals surface area contributed by atoms with Crippen molar-refractivity contribution in [3.05, 3.63) is 35.4 Å². The van der Waals surface area contributed by atoms with Crippen LogP contribution in [0.25, 0.3) is 0 Å². The highest BCUT2D eigenvalue weighted by molar-refractivity contribution is 5.78. The maximum atomic E-state index is 11.4. The molecule has 3 heteroatoms. The van der Waals surface area contributed by atoms with Crippen molar-refractivity contribution in [1.82, 2.24) is 5.32 Å². The van der Waals surface area contributed by atoms with Gasteiger partial charge in [-0.1, -0.05) is 43.7 Å². The maximum absolute atomic E-state index is 11.4. The van der Waals surface area contributed by atoms with Crippen molar-refractivity contribution in [3.63, 3.8) is 0 Å². The van der Waals surface area contributed by atoms with E-state index in [1.807, 2.05) is 39.0 Å². The lowest BCUT2D eigenvalue weighted by molar-refractivity contribution is -0.145. The summed E-state index contributed by atoms with van der Waals surface area (Å²) in [6.45, 7) is 8.45. The van der Waals surface area contributed by atoms with Crippen LogP contribution in [-0.2, 0) is 11.3 Å². The first-order valence-electron chi connectivity index (χ1n) is 6.37. The van der Waals surface area contributed by atoms with Crippen molar-refractivity contribution in [2.45, 2.75) is 46.2 Å². The van der Waals surface area contributed by atoms with Crippen molar-refractivity contribution < 1.29 is 9.90 Å². The second kappa shape index (κ2) is 6.01. The minimum absolute atomic E-state index is 0.344. The fraction of sp³-hybridized carbons (Fsp3) is 0.533. The summed E-state index contributed by atoms with van der Waals surface area (Å²) in [6.07, 6.45) is 0.619. The summed E-state index contributed by atoms with van der Waals surface area (Å²) >= 11 is 0. The molecule has 0 radical (unpaired) electrons. The van der Waals surface area contributed by atoms with Crippen LogP contribution >= 0.6 is 0 Å². The zero-order valence-corrected chi connectivity index (χ0v) is 11.7. The highest BCUT2D eigenvalue weighted by atomic mass is 16.4. The van der Waals surface area contributed by atoms with Gasteiger partial charge in [-0.2, -0.15) is 0 Å². The van der Waals surface area contributed by atoms with E-state index in [2.05, 4.69) is 11.4 Å². The maximum Gasteiger partial charge on any atom is 0.323 e. The van der Waals surface area contributed by atoms with Gasteiger partial charge in [0.25, 0.3) is 0 Å². The Morgan fingerprint density at radius 2 is 2.11 bits per heavy atom. The third kappa shape index (κ3) is 4.15.